The van der Waals surface area contributed by atoms with Gasteiger partial charge >= 0.3 is 0 Å². The molecule has 0 atom stereocenters. The number of phenols is 1. The van der Waals surface area contributed by atoms with Gasteiger partial charge < -0.3 is 10.4 Å². The van der Waals surface area contributed by atoms with Crippen LogP contribution in [0, 0.1) is 11.6 Å². The maximum Gasteiger partial charge on any atom is 0.166 e. The van der Waals surface area contributed by atoms with Crippen LogP contribution in [0.1, 0.15) is 5.56 Å². The van der Waals surface area contributed by atoms with Crippen molar-refractivity contribution in [1.29, 1.82) is 0 Å². The molecular formula is C13H10BrF2NO. The summed E-state index contributed by atoms with van der Waals surface area (Å²) in [4.78, 5) is 0. The van der Waals surface area contributed by atoms with Gasteiger partial charge in [0.25, 0.3) is 0 Å². The molecule has 2 aromatic carbocycles. The molecule has 0 heterocycles. The highest BCUT2D eigenvalue weighted by Crippen LogP contribution is 2.22. The molecule has 0 saturated carbocycles. The Kier molecular flexibility index (Phi) is 3.81. The number of halogens is 3. The second-order valence-electron chi connectivity index (χ2n) is 3.76. The molecular weight excluding hydrogens is 304 g/mol. The number of hydrogen-bond acceptors (Lipinski definition) is 2. The minimum absolute atomic E-state index is 0.318. The molecule has 0 fully saturated rings. The van der Waals surface area contributed by atoms with Crippen LogP contribution in [0.4, 0.5) is 14.5 Å². The van der Waals surface area contributed by atoms with Gasteiger partial charge in [-0.3, -0.25) is 0 Å². The number of aromatic hydroxyl groups is 1. The molecule has 0 aliphatic carbocycles. The molecule has 0 aliphatic rings. The molecule has 2 nitrogen and oxygen atoms in total. The summed E-state index contributed by atoms with van der Waals surface area (Å²) in [6.07, 6.45) is 0. The first kappa shape index (κ1) is 12.8. The van der Waals surface area contributed by atoms with Gasteiger partial charge in [-0.15, -0.1) is 0 Å². The highest BCUT2D eigenvalue weighted by Gasteiger charge is 2.04. The third-order valence-electron chi connectivity index (χ3n) is 2.45. The van der Waals surface area contributed by atoms with E-state index in [1.807, 2.05) is 0 Å². The molecule has 94 valence electrons. The highest BCUT2D eigenvalue weighted by atomic mass is 79.9. The zero-order valence-corrected chi connectivity index (χ0v) is 10.8. The monoisotopic (exact) mass is 313 g/mol. The number of benzene rings is 2. The van der Waals surface area contributed by atoms with Crippen LogP contribution in [-0.4, -0.2) is 5.11 Å². The maximum absolute atomic E-state index is 13.1. The second-order valence-corrected chi connectivity index (χ2v) is 4.61. The van der Waals surface area contributed by atoms with Crippen molar-refractivity contribution in [2.75, 3.05) is 5.32 Å². The van der Waals surface area contributed by atoms with Crippen molar-refractivity contribution >= 4 is 21.6 Å². The predicted molar refractivity (Wildman–Crippen MR) is 69.5 cm³/mol. The summed E-state index contributed by atoms with van der Waals surface area (Å²) in [5.41, 5.74) is 1.39. The van der Waals surface area contributed by atoms with Crippen molar-refractivity contribution in [2.45, 2.75) is 6.54 Å². The smallest absolute Gasteiger partial charge is 0.166 e. The Bertz CT molecular complexity index is 575. The van der Waals surface area contributed by atoms with Crippen molar-refractivity contribution in [3.05, 3.63) is 58.1 Å². The first-order valence-corrected chi connectivity index (χ1v) is 6.02. The lowest BCUT2D eigenvalue weighted by atomic mass is 10.2. The van der Waals surface area contributed by atoms with Gasteiger partial charge in [-0.05, 0) is 29.8 Å². The number of nitrogens with one attached hydrogen (secondary N) is 1. The molecule has 0 saturated heterocycles. The molecule has 0 spiro atoms. The number of phenolic OH excluding ortho intramolecular Hbond substituents is 1. The molecule has 5 heteroatoms. The highest BCUT2D eigenvalue weighted by molar-refractivity contribution is 9.10. The molecule has 2 N–H and O–H groups in total. The van der Waals surface area contributed by atoms with Gasteiger partial charge in [0.2, 0.25) is 0 Å². The lowest BCUT2D eigenvalue weighted by molar-refractivity contribution is 0.432. The second kappa shape index (κ2) is 5.35. The van der Waals surface area contributed by atoms with E-state index in [9.17, 15) is 8.78 Å². The van der Waals surface area contributed by atoms with E-state index < -0.39 is 5.82 Å². The SMILES string of the molecule is Oc1ccc(NCc2ccc(F)cc2Br)cc1F. The normalized spacial score (nSPS) is 10.4. The molecule has 0 unspecified atom stereocenters. The van der Waals surface area contributed by atoms with E-state index in [0.717, 1.165) is 5.56 Å². The average molecular weight is 314 g/mol. The fourth-order valence-electron chi connectivity index (χ4n) is 1.48. The van der Waals surface area contributed by atoms with Crippen LogP contribution in [-0.2, 0) is 6.54 Å². The Hall–Kier alpha value is -1.62. The van der Waals surface area contributed by atoms with Crippen LogP contribution in [0.2, 0.25) is 0 Å². The largest absolute Gasteiger partial charge is 0.505 e. The van der Waals surface area contributed by atoms with E-state index in [-0.39, 0.29) is 11.6 Å². The van der Waals surface area contributed by atoms with Gasteiger partial charge in [0.1, 0.15) is 5.82 Å². The van der Waals surface area contributed by atoms with Crippen LogP contribution in [0.25, 0.3) is 0 Å². The zero-order chi connectivity index (χ0) is 13.1. The van der Waals surface area contributed by atoms with Crippen molar-refractivity contribution in [2.24, 2.45) is 0 Å². The average Bonchev–Trinajstić information content (AvgIpc) is 2.32. The Balaban J connectivity index is 2.09. The lowest BCUT2D eigenvalue weighted by Gasteiger charge is -2.08. The van der Waals surface area contributed by atoms with Crippen molar-refractivity contribution < 1.29 is 13.9 Å². The van der Waals surface area contributed by atoms with Crippen LogP contribution < -0.4 is 5.32 Å². The summed E-state index contributed by atoms with van der Waals surface area (Å²) in [6.45, 7) is 0.422. The Labute approximate surface area is 111 Å². The number of anilines is 1. The van der Waals surface area contributed by atoms with Crippen LogP contribution >= 0.6 is 15.9 Å². The number of rotatable bonds is 3. The van der Waals surface area contributed by atoms with Crippen molar-refractivity contribution in [3.63, 3.8) is 0 Å². The maximum atomic E-state index is 13.1. The van der Waals surface area contributed by atoms with Gasteiger partial charge in [-0.1, -0.05) is 22.0 Å². The van der Waals surface area contributed by atoms with Crippen LogP contribution in [0.15, 0.2) is 40.9 Å². The van der Waals surface area contributed by atoms with Crippen molar-refractivity contribution in [1.82, 2.24) is 0 Å². The molecule has 0 amide bonds. The van der Waals surface area contributed by atoms with Crippen molar-refractivity contribution in [3.8, 4) is 5.75 Å². The van der Waals surface area contributed by atoms with Crippen LogP contribution in [0.5, 0.6) is 5.75 Å². The first-order chi connectivity index (χ1) is 8.56. The molecule has 2 rings (SSSR count). The molecule has 18 heavy (non-hydrogen) atoms. The van der Waals surface area contributed by atoms with Gasteiger partial charge in [-0.2, -0.15) is 0 Å². The zero-order valence-electron chi connectivity index (χ0n) is 9.25. The van der Waals surface area contributed by atoms with Gasteiger partial charge in [0, 0.05) is 22.8 Å². The van der Waals surface area contributed by atoms with E-state index in [0.29, 0.717) is 16.7 Å². The summed E-state index contributed by atoms with van der Waals surface area (Å²) >= 11 is 3.25. The van der Waals surface area contributed by atoms with Gasteiger partial charge in [0.05, 0.1) is 0 Å². The summed E-state index contributed by atoms with van der Waals surface area (Å²) < 4.78 is 26.6. The summed E-state index contributed by atoms with van der Waals surface area (Å²) in [7, 11) is 0. The third kappa shape index (κ3) is 2.98. The van der Waals surface area contributed by atoms with E-state index in [1.54, 1.807) is 12.1 Å². The Morgan fingerprint density at radius 1 is 1.11 bits per heavy atom. The summed E-state index contributed by atoms with van der Waals surface area (Å²) in [6, 6.07) is 8.41. The molecule has 0 radical (unpaired) electrons. The first-order valence-electron chi connectivity index (χ1n) is 5.22. The Morgan fingerprint density at radius 2 is 1.89 bits per heavy atom. The lowest BCUT2D eigenvalue weighted by Crippen LogP contribution is -2.00. The van der Waals surface area contributed by atoms with Gasteiger partial charge in [0.15, 0.2) is 11.6 Å². The predicted octanol–water partition coefficient (Wildman–Crippen LogP) is 4.05. The topological polar surface area (TPSA) is 32.3 Å². The van der Waals surface area contributed by atoms with E-state index in [1.165, 1.54) is 24.3 Å². The molecule has 0 aliphatic heterocycles. The van der Waals surface area contributed by atoms with E-state index in [4.69, 9.17) is 5.11 Å². The van der Waals surface area contributed by atoms with Crippen LogP contribution in [0.3, 0.4) is 0 Å². The molecule has 0 aromatic heterocycles. The number of hydrogen-bond donors (Lipinski definition) is 2. The fourth-order valence-corrected chi connectivity index (χ4v) is 1.97. The van der Waals surface area contributed by atoms with E-state index >= 15 is 0 Å². The van der Waals surface area contributed by atoms with Gasteiger partial charge in [-0.25, -0.2) is 8.78 Å². The van der Waals surface area contributed by atoms with E-state index in [2.05, 4.69) is 21.2 Å². The third-order valence-corrected chi connectivity index (χ3v) is 3.18. The molecule has 2 aromatic rings. The minimum Gasteiger partial charge on any atom is -0.505 e. The Morgan fingerprint density at radius 3 is 2.56 bits per heavy atom. The standard InChI is InChI=1S/C13H10BrF2NO/c14-11-5-9(15)2-1-8(11)7-17-10-3-4-13(18)12(16)6-10/h1-6,17-18H,7H2. The molecule has 0 bridgehead atoms. The fraction of sp³-hybridized carbons (Fsp3) is 0.0769. The summed E-state index contributed by atoms with van der Waals surface area (Å²) in [5, 5.41) is 12.0. The minimum atomic E-state index is -0.682. The quantitative estimate of drug-likeness (QED) is 0.838. The summed E-state index contributed by atoms with van der Waals surface area (Å²) in [5.74, 6) is -1.39.